The first-order valence-corrected chi connectivity index (χ1v) is 9.62. The lowest BCUT2D eigenvalue weighted by atomic mass is 10.1. The fourth-order valence-electron chi connectivity index (χ4n) is 3.62. The van der Waals surface area contributed by atoms with Crippen LogP contribution in [-0.4, -0.2) is 59.8 Å². The van der Waals surface area contributed by atoms with Gasteiger partial charge in [0.25, 0.3) is 5.91 Å². The highest BCUT2D eigenvalue weighted by molar-refractivity contribution is 5.94. The molecule has 29 heavy (non-hydrogen) atoms. The highest BCUT2D eigenvalue weighted by Gasteiger charge is 2.37. The number of aliphatic hydroxyl groups is 1. The Morgan fingerprint density at radius 3 is 3.00 bits per heavy atom. The van der Waals surface area contributed by atoms with E-state index in [1.54, 1.807) is 30.9 Å². The number of aryl methyl sites for hydroxylation is 1. The van der Waals surface area contributed by atoms with Gasteiger partial charge in [0.1, 0.15) is 6.33 Å². The summed E-state index contributed by atoms with van der Waals surface area (Å²) in [5.74, 6) is -0.718. The van der Waals surface area contributed by atoms with Crippen molar-refractivity contribution in [3.8, 4) is 0 Å². The molecule has 1 fully saturated rings. The minimum absolute atomic E-state index is 0.0875. The number of aromatic nitrogens is 5. The predicted octanol–water partition coefficient (Wildman–Crippen LogP) is 0.00160. The monoisotopic (exact) mass is 397 g/mol. The van der Waals surface area contributed by atoms with E-state index >= 15 is 0 Å². The second kappa shape index (κ2) is 8.39. The van der Waals surface area contributed by atoms with Crippen molar-refractivity contribution in [2.24, 2.45) is 5.92 Å². The van der Waals surface area contributed by atoms with Gasteiger partial charge < -0.3 is 20.3 Å². The van der Waals surface area contributed by atoms with Crippen LogP contribution in [0.25, 0.3) is 5.65 Å². The van der Waals surface area contributed by atoms with Gasteiger partial charge in [-0.15, -0.1) is 0 Å². The molecule has 3 aromatic heterocycles. The van der Waals surface area contributed by atoms with Gasteiger partial charge in [-0.25, -0.2) is 14.5 Å². The fraction of sp³-hybridized carbons (Fsp3) is 0.421. The summed E-state index contributed by atoms with van der Waals surface area (Å²) in [5.41, 5.74) is 1.06. The third kappa shape index (κ3) is 4.43. The maximum atomic E-state index is 12.5. The number of nitrogens with one attached hydrogen (secondary N) is 2. The molecule has 0 aromatic carbocycles. The van der Waals surface area contributed by atoms with E-state index in [1.807, 2.05) is 10.8 Å². The van der Waals surface area contributed by atoms with Gasteiger partial charge in [0, 0.05) is 37.6 Å². The summed E-state index contributed by atoms with van der Waals surface area (Å²) in [6, 6.07) is 2.90. The van der Waals surface area contributed by atoms with Gasteiger partial charge in [0.2, 0.25) is 5.91 Å². The van der Waals surface area contributed by atoms with Gasteiger partial charge in [0.15, 0.2) is 5.65 Å². The molecule has 10 heteroatoms. The van der Waals surface area contributed by atoms with Crippen molar-refractivity contribution in [2.75, 3.05) is 6.54 Å². The molecule has 0 unspecified atom stereocenters. The smallest absolute Gasteiger partial charge is 0.253 e. The van der Waals surface area contributed by atoms with Gasteiger partial charge in [-0.2, -0.15) is 5.10 Å². The van der Waals surface area contributed by atoms with Crippen LogP contribution in [0.4, 0.5) is 0 Å². The third-order valence-corrected chi connectivity index (χ3v) is 5.20. The number of carbonyl (C=O) groups excluding carboxylic acids is 2. The summed E-state index contributed by atoms with van der Waals surface area (Å²) < 4.78 is 3.47. The number of carbonyl (C=O) groups is 2. The first-order chi connectivity index (χ1) is 14.1. The number of amides is 2. The molecule has 2 amide bonds. The minimum Gasteiger partial charge on any atom is -0.391 e. The molecule has 3 atom stereocenters. The summed E-state index contributed by atoms with van der Waals surface area (Å²) in [7, 11) is 0. The number of pyridine rings is 1. The van der Waals surface area contributed by atoms with Gasteiger partial charge in [-0.3, -0.25) is 9.59 Å². The molecule has 3 N–H and O–H groups in total. The molecule has 1 aliphatic rings. The molecule has 0 spiro atoms. The average Bonchev–Trinajstić information content (AvgIpc) is 3.46. The van der Waals surface area contributed by atoms with Crippen LogP contribution in [0.3, 0.4) is 0 Å². The first-order valence-electron chi connectivity index (χ1n) is 9.62. The van der Waals surface area contributed by atoms with Crippen LogP contribution < -0.4 is 10.6 Å². The van der Waals surface area contributed by atoms with E-state index in [1.165, 1.54) is 10.8 Å². The normalized spacial score (nSPS) is 21.3. The van der Waals surface area contributed by atoms with E-state index in [0.717, 1.165) is 13.0 Å². The average molecular weight is 397 g/mol. The quantitative estimate of drug-likeness (QED) is 0.482. The first kappa shape index (κ1) is 19.1. The van der Waals surface area contributed by atoms with Crippen LogP contribution in [0.2, 0.25) is 0 Å². The number of fused-ring (bicyclic) bond motifs is 1. The van der Waals surface area contributed by atoms with Crippen LogP contribution in [0.15, 0.2) is 43.4 Å². The van der Waals surface area contributed by atoms with Crippen LogP contribution in [0.1, 0.15) is 29.6 Å². The van der Waals surface area contributed by atoms with Crippen LogP contribution >= 0.6 is 0 Å². The Balaban J connectivity index is 1.26. The van der Waals surface area contributed by atoms with Crippen molar-refractivity contribution in [3.63, 3.8) is 0 Å². The molecule has 0 aliphatic heterocycles. The maximum absolute atomic E-state index is 12.5. The lowest BCUT2D eigenvalue weighted by molar-refractivity contribution is -0.125. The lowest BCUT2D eigenvalue weighted by Crippen LogP contribution is -2.40. The zero-order valence-electron chi connectivity index (χ0n) is 15.8. The van der Waals surface area contributed by atoms with E-state index in [9.17, 15) is 14.7 Å². The highest BCUT2D eigenvalue weighted by atomic mass is 16.3. The second-order valence-electron chi connectivity index (χ2n) is 7.24. The van der Waals surface area contributed by atoms with Gasteiger partial charge in [-0.1, -0.05) is 0 Å². The highest BCUT2D eigenvalue weighted by Crippen LogP contribution is 2.26. The molecule has 1 aliphatic carbocycles. The van der Waals surface area contributed by atoms with E-state index in [2.05, 4.69) is 25.7 Å². The van der Waals surface area contributed by atoms with E-state index < -0.39 is 12.1 Å². The number of imidazole rings is 1. The van der Waals surface area contributed by atoms with Crippen molar-refractivity contribution in [1.82, 2.24) is 34.8 Å². The zero-order valence-corrected chi connectivity index (χ0v) is 15.8. The van der Waals surface area contributed by atoms with Crippen molar-refractivity contribution >= 4 is 17.5 Å². The number of aliphatic hydroxyl groups excluding tert-OH is 1. The summed E-state index contributed by atoms with van der Waals surface area (Å²) in [6.45, 7) is 1.33. The fourth-order valence-corrected chi connectivity index (χ4v) is 3.62. The Morgan fingerprint density at radius 2 is 2.17 bits per heavy atom. The van der Waals surface area contributed by atoms with Crippen molar-refractivity contribution in [2.45, 2.75) is 38.0 Å². The predicted molar refractivity (Wildman–Crippen MR) is 103 cm³/mol. The Kier molecular flexibility index (Phi) is 5.52. The molecule has 10 nitrogen and oxygen atoms in total. The molecule has 4 rings (SSSR count). The topological polar surface area (TPSA) is 126 Å². The number of hydrogen-bond donors (Lipinski definition) is 3. The summed E-state index contributed by atoms with van der Waals surface area (Å²) in [5, 5.41) is 20.1. The Hall–Kier alpha value is -3.27. The molecular weight excluding hydrogens is 374 g/mol. The van der Waals surface area contributed by atoms with E-state index in [0.29, 0.717) is 30.6 Å². The number of rotatable bonds is 7. The van der Waals surface area contributed by atoms with Gasteiger partial charge >= 0.3 is 0 Å². The SMILES string of the molecule is O=C(N[C@@H]1C[C@H](C(=O)NCCCn2ccnc2)C[C@H]1O)c1ccc2ncnn2c1. The summed E-state index contributed by atoms with van der Waals surface area (Å²) in [4.78, 5) is 32.9. The molecule has 0 saturated heterocycles. The number of hydrogen-bond acceptors (Lipinski definition) is 6. The van der Waals surface area contributed by atoms with Gasteiger partial charge in [-0.05, 0) is 31.4 Å². The molecule has 152 valence electrons. The standard InChI is InChI=1S/C19H23N7O3/c27-16-9-14(18(28)21-4-1-6-25-7-5-20-12-25)8-15(16)24-19(29)13-2-3-17-22-11-23-26(17)10-13/h2-3,5,7,10-12,14-16,27H,1,4,6,8-9H2,(H,21,28)(H,24,29)/t14-,15+,16+/m0/s1. The summed E-state index contributed by atoms with van der Waals surface area (Å²) >= 11 is 0. The molecule has 0 radical (unpaired) electrons. The van der Waals surface area contributed by atoms with Crippen molar-refractivity contribution in [3.05, 3.63) is 48.9 Å². The zero-order chi connectivity index (χ0) is 20.2. The molecule has 1 saturated carbocycles. The number of nitrogens with zero attached hydrogens (tertiary/aromatic N) is 5. The van der Waals surface area contributed by atoms with Crippen LogP contribution in [-0.2, 0) is 11.3 Å². The molecular formula is C19H23N7O3. The maximum Gasteiger partial charge on any atom is 0.253 e. The molecule has 3 aromatic rings. The van der Waals surface area contributed by atoms with Crippen molar-refractivity contribution in [1.29, 1.82) is 0 Å². The van der Waals surface area contributed by atoms with Gasteiger partial charge in [0.05, 0.1) is 24.0 Å². The molecule has 3 heterocycles. The third-order valence-electron chi connectivity index (χ3n) is 5.20. The second-order valence-corrected chi connectivity index (χ2v) is 7.24. The van der Waals surface area contributed by atoms with Crippen molar-refractivity contribution < 1.29 is 14.7 Å². The largest absolute Gasteiger partial charge is 0.391 e. The van der Waals surface area contributed by atoms with E-state index in [4.69, 9.17) is 0 Å². The Labute approximate surface area is 167 Å². The summed E-state index contributed by atoms with van der Waals surface area (Å²) in [6.07, 6.45) is 9.12. The van der Waals surface area contributed by atoms with E-state index in [-0.39, 0.29) is 17.7 Å². The lowest BCUT2D eigenvalue weighted by Gasteiger charge is -2.16. The minimum atomic E-state index is -0.754. The van der Waals surface area contributed by atoms with Crippen LogP contribution in [0.5, 0.6) is 0 Å². The molecule has 0 bridgehead atoms. The Morgan fingerprint density at radius 1 is 1.28 bits per heavy atom. The van der Waals surface area contributed by atoms with Crippen LogP contribution in [0, 0.1) is 5.92 Å². The Bertz CT molecular complexity index is 985.